The summed E-state index contributed by atoms with van der Waals surface area (Å²) in [6.07, 6.45) is 3.96. The lowest BCUT2D eigenvalue weighted by Gasteiger charge is -2.61. The van der Waals surface area contributed by atoms with Crippen molar-refractivity contribution in [2.24, 2.45) is 5.41 Å². The molecule has 3 rings (SSSR count). The maximum Gasteiger partial charge on any atom is 0.239 e. The highest BCUT2D eigenvalue weighted by atomic mass is 32.2. The maximum absolute atomic E-state index is 12.4. The molecule has 0 saturated carbocycles. The number of carbonyl (C=O) groups is 1. The van der Waals surface area contributed by atoms with Gasteiger partial charge in [-0.3, -0.25) is 14.6 Å². The summed E-state index contributed by atoms with van der Waals surface area (Å²) in [7, 11) is 2.11. The summed E-state index contributed by atoms with van der Waals surface area (Å²) in [5.41, 5.74) is 0.787. The minimum Gasteiger partial charge on any atom is -0.289 e. The fraction of sp³-hybridized carbons (Fsp3) is 0.438. The average Bonchev–Trinajstić information content (AvgIpc) is 2.84. The molecule has 1 aromatic carbocycles. The van der Waals surface area contributed by atoms with Gasteiger partial charge in [0.05, 0.1) is 5.41 Å². The topological polar surface area (TPSA) is 23.6 Å². The Morgan fingerprint density at radius 1 is 1.25 bits per heavy atom. The zero-order chi connectivity index (χ0) is 14.4. The van der Waals surface area contributed by atoms with Crippen LogP contribution in [0.4, 0.5) is 0 Å². The van der Waals surface area contributed by atoms with Crippen molar-refractivity contribution >= 4 is 23.7 Å². The van der Waals surface area contributed by atoms with Crippen molar-refractivity contribution in [3.63, 3.8) is 0 Å². The lowest BCUT2D eigenvalue weighted by atomic mass is 9.77. The van der Waals surface area contributed by atoms with Gasteiger partial charge in [-0.15, -0.1) is 11.8 Å². The van der Waals surface area contributed by atoms with Crippen molar-refractivity contribution in [1.82, 2.24) is 9.80 Å². The van der Waals surface area contributed by atoms with Gasteiger partial charge in [0.25, 0.3) is 0 Å². The zero-order valence-electron chi connectivity index (χ0n) is 12.2. The molecular formula is C16H20N2OS. The summed E-state index contributed by atoms with van der Waals surface area (Å²) in [5, 5.41) is 0. The monoisotopic (exact) mass is 288 g/mol. The van der Waals surface area contributed by atoms with Gasteiger partial charge in [0.15, 0.2) is 4.99 Å². The Bertz CT molecular complexity index is 555. The van der Waals surface area contributed by atoms with E-state index in [-0.39, 0.29) is 16.3 Å². The Hall–Kier alpha value is -1.26. The standard InChI is InChI=1S/C16H20N2OS/c1-15(2)14(19)18(16(15)17(3)11-12-20-16)10-9-13-7-5-4-6-8-13/h4-10H,11-12H2,1-3H3/b10-9+. The minimum atomic E-state index is -0.329. The number of hydrogen-bond donors (Lipinski definition) is 0. The molecule has 20 heavy (non-hydrogen) atoms. The van der Waals surface area contributed by atoms with Gasteiger partial charge in [-0.2, -0.15) is 0 Å². The second kappa shape index (κ2) is 4.64. The number of rotatable bonds is 2. The molecule has 2 aliphatic rings. The second-order valence-electron chi connectivity index (χ2n) is 5.90. The molecule has 0 N–H and O–H groups in total. The van der Waals surface area contributed by atoms with E-state index in [1.165, 1.54) is 0 Å². The summed E-state index contributed by atoms with van der Waals surface area (Å²) < 4.78 is 0. The number of nitrogens with zero attached hydrogens (tertiary/aromatic N) is 2. The molecule has 0 radical (unpaired) electrons. The van der Waals surface area contributed by atoms with E-state index in [0.29, 0.717) is 0 Å². The fourth-order valence-electron chi connectivity index (χ4n) is 3.22. The molecule has 2 saturated heterocycles. The number of carbonyl (C=O) groups excluding carboxylic acids is 1. The van der Waals surface area contributed by atoms with Crippen LogP contribution in [0.2, 0.25) is 0 Å². The van der Waals surface area contributed by atoms with Crippen molar-refractivity contribution < 1.29 is 4.79 Å². The van der Waals surface area contributed by atoms with Crippen LogP contribution < -0.4 is 0 Å². The lowest BCUT2D eigenvalue weighted by Crippen LogP contribution is -2.76. The van der Waals surface area contributed by atoms with Crippen molar-refractivity contribution in [2.45, 2.75) is 18.8 Å². The van der Waals surface area contributed by atoms with Crippen molar-refractivity contribution in [3.8, 4) is 0 Å². The molecule has 106 valence electrons. The maximum atomic E-state index is 12.4. The lowest BCUT2D eigenvalue weighted by molar-refractivity contribution is -0.181. The smallest absolute Gasteiger partial charge is 0.239 e. The summed E-state index contributed by atoms with van der Waals surface area (Å²) in [5.74, 6) is 1.27. The summed E-state index contributed by atoms with van der Waals surface area (Å²) in [4.78, 5) is 16.4. The van der Waals surface area contributed by atoms with Gasteiger partial charge in [-0.25, -0.2) is 0 Å². The molecule has 0 aromatic heterocycles. The number of β-lactam (4-membered cyclic amide) rings is 1. The van der Waals surface area contributed by atoms with Gasteiger partial charge in [0, 0.05) is 18.5 Å². The Labute approximate surface area is 124 Å². The van der Waals surface area contributed by atoms with Gasteiger partial charge >= 0.3 is 0 Å². The van der Waals surface area contributed by atoms with Crippen molar-refractivity contribution in [1.29, 1.82) is 0 Å². The summed E-state index contributed by atoms with van der Waals surface area (Å²) in [6, 6.07) is 10.1. The van der Waals surface area contributed by atoms with Crippen LogP contribution in [0.5, 0.6) is 0 Å². The molecule has 1 unspecified atom stereocenters. The van der Waals surface area contributed by atoms with E-state index in [0.717, 1.165) is 17.9 Å². The summed E-state index contributed by atoms with van der Waals surface area (Å²) >= 11 is 1.87. The Balaban J connectivity index is 1.90. The van der Waals surface area contributed by atoms with Crippen molar-refractivity contribution in [3.05, 3.63) is 42.1 Å². The third kappa shape index (κ3) is 1.68. The molecule has 1 atom stereocenters. The van der Waals surface area contributed by atoms with E-state index >= 15 is 0 Å². The molecule has 2 aliphatic heterocycles. The third-order valence-electron chi connectivity index (χ3n) is 4.36. The number of amides is 1. The molecule has 4 heteroatoms. The number of hydrogen-bond acceptors (Lipinski definition) is 3. The quantitative estimate of drug-likeness (QED) is 0.782. The second-order valence-corrected chi connectivity index (χ2v) is 7.17. The predicted molar refractivity (Wildman–Crippen MR) is 83.9 cm³/mol. The molecule has 0 bridgehead atoms. The Morgan fingerprint density at radius 2 is 1.95 bits per heavy atom. The molecule has 2 fully saturated rings. The van der Waals surface area contributed by atoms with E-state index < -0.39 is 0 Å². The first-order valence-electron chi connectivity index (χ1n) is 6.92. The first-order valence-corrected chi connectivity index (χ1v) is 7.91. The van der Waals surface area contributed by atoms with Gasteiger partial charge in [0.1, 0.15) is 0 Å². The van der Waals surface area contributed by atoms with Crippen LogP contribution >= 0.6 is 11.8 Å². The van der Waals surface area contributed by atoms with E-state index in [1.807, 2.05) is 59.3 Å². The van der Waals surface area contributed by atoms with E-state index in [4.69, 9.17) is 0 Å². The molecule has 1 aromatic rings. The van der Waals surface area contributed by atoms with Crippen LogP contribution in [0.25, 0.3) is 6.08 Å². The molecule has 2 heterocycles. The average molecular weight is 288 g/mol. The van der Waals surface area contributed by atoms with Crippen molar-refractivity contribution in [2.75, 3.05) is 19.3 Å². The first-order chi connectivity index (χ1) is 9.50. The number of benzene rings is 1. The van der Waals surface area contributed by atoms with Gasteiger partial charge < -0.3 is 0 Å². The highest BCUT2D eigenvalue weighted by Crippen LogP contribution is 2.58. The largest absolute Gasteiger partial charge is 0.289 e. The van der Waals surface area contributed by atoms with Crippen LogP contribution in [-0.2, 0) is 4.79 Å². The minimum absolute atomic E-state index is 0.200. The van der Waals surface area contributed by atoms with E-state index in [9.17, 15) is 4.79 Å². The van der Waals surface area contributed by atoms with E-state index in [1.54, 1.807) is 0 Å². The molecule has 3 nitrogen and oxygen atoms in total. The number of likely N-dealkylation sites (tertiary alicyclic amines) is 1. The normalized spacial score (nSPS) is 29.4. The van der Waals surface area contributed by atoms with Gasteiger partial charge in [-0.05, 0) is 32.5 Å². The third-order valence-corrected chi connectivity index (χ3v) is 6.17. The van der Waals surface area contributed by atoms with Crippen LogP contribution in [0.1, 0.15) is 19.4 Å². The molecular weight excluding hydrogens is 268 g/mol. The Morgan fingerprint density at radius 3 is 2.55 bits per heavy atom. The highest BCUT2D eigenvalue weighted by Gasteiger charge is 2.69. The Kier molecular flexibility index (Phi) is 3.18. The predicted octanol–water partition coefficient (Wildman–Crippen LogP) is 2.86. The molecule has 1 spiro atoms. The van der Waals surface area contributed by atoms with Crippen LogP contribution in [-0.4, -0.2) is 40.0 Å². The van der Waals surface area contributed by atoms with Crippen LogP contribution in [0, 0.1) is 5.41 Å². The SMILES string of the molecule is CN1CCSC12N(/C=C/c1ccccc1)C(=O)C2(C)C. The summed E-state index contributed by atoms with van der Waals surface area (Å²) in [6.45, 7) is 5.13. The van der Waals surface area contributed by atoms with E-state index in [2.05, 4.69) is 25.8 Å². The molecule has 1 amide bonds. The highest BCUT2D eigenvalue weighted by molar-refractivity contribution is 8.01. The van der Waals surface area contributed by atoms with Crippen LogP contribution in [0.3, 0.4) is 0 Å². The first kappa shape index (κ1) is 13.7. The fourth-order valence-corrected chi connectivity index (χ4v) is 4.91. The molecule has 0 aliphatic carbocycles. The zero-order valence-corrected chi connectivity index (χ0v) is 13.0. The number of thioether (sulfide) groups is 1. The van der Waals surface area contributed by atoms with Gasteiger partial charge in [0.2, 0.25) is 5.91 Å². The van der Waals surface area contributed by atoms with Crippen LogP contribution in [0.15, 0.2) is 36.5 Å². The van der Waals surface area contributed by atoms with Gasteiger partial charge in [-0.1, -0.05) is 30.3 Å².